The predicted octanol–water partition coefficient (Wildman–Crippen LogP) is 2.95. The molecule has 5 rings (SSSR count). The summed E-state index contributed by atoms with van der Waals surface area (Å²) >= 11 is 0. The van der Waals surface area contributed by atoms with Crippen LogP contribution in [0.3, 0.4) is 0 Å². The van der Waals surface area contributed by atoms with Crippen molar-refractivity contribution in [2.75, 3.05) is 33.2 Å². The number of likely N-dealkylation sites (N-methyl/N-ethyl adjacent to an activating group) is 1. The van der Waals surface area contributed by atoms with Crippen LogP contribution >= 0.6 is 0 Å². The van der Waals surface area contributed by atoms with Crippen molar-refractivity contribution >= 4 is 22.7 Å². The van der Waals surface area contributed by atoms with Gasteiger partial charge in [-0.2, -0.15) is 0 Å². The third-order valence-electron chi connectivity index (χ3n) is 7.49. The van der Waals surface area contributed by atoms with Crippen LogP contribution in [0.1, 0.15) is 23.2 Å². The number of carbonyl (C=O) groups is 2. The lowest BCUT2D eigenvalue weighted by molar-refractivity contribution is -0.142. The van der Waals surface area contributed by atoms with E-state index >= 15 is 0 Å². The molecule has 3 aromatic rings. The lowest BCUT2D eigenvalue weighted by Gasteiger charge is -2.35. The Morgan fingerprint density at radius 3 is 2.56 bits per heavy atom. The summed E-state index contributed by atoms with van der Waals surface area (Å²) in [7, 11) is 2.04. The molecule has 1 aromatic heterocycles. The number of piperazine rings is 1. The second kappa shape index (κ2) is 9.87. The Kier molecular flexibility index (Phi) is 6.64. The first-order valence-electron chi connectivity index (χ1n) is 12.4. The van der Waals surface area contributed by atoms with E-state index in [0.29, 0.717) is 32.5 Å². The van der Waals surface area contributed by atoms with Gasteiger partial charge in [0.2, 0.25) is 11.8 Å². The van der Waals surface area contributed by atoms with E-state index in [2.05, 4.69) is 16.0 Å². The first kappa shape index (κ1) is 24.2. The zero-order valence-corrected chi connectivity index (χ0v) is 20.7. The summed E-state index contributed by atoms with van der Waals surface area (Å²) in [5.74, 6) is -0.271. The highest BCUT2D eigenvalue weighted by molar-refractivity contribution is 5.96. The van der Waals surface area contributed by atoms with Gasteiger partial charge in [0.25, 0.3) is 0 Å². The Balaban J connectivity index is 1.28. The lowest BCUT2D eigenvalue weighted by atomic mass is 9.91. The van der Waals surface area contributed by atoms with Gasteiger partial charge in [-0.3, -0.25) is 19.8 Å². The van der Waals surface area contributed by atoms with Crippen LogP contribution < -0.4 is 10.2 Å². The quantitative estimate of drug-likeness (QED) is 0.392. The first-order valence-corrected chi connectivity index (χ1v) is 12.4. The fourth-order valence-electron chi connectivity index (χ4n) is 5.30. The predicted molar refractivity (Wildman–Crippen MR) is 136 cm³/mol. The van der Waals surface area contributed by atoms with Crippen molar-refractivity contribution in [2.24, 2.45) is 11.3 Å². The maximum absolute atomic E-state index is 13.5. The molecule has 8 nitrogen and oxygen atoms in total. The number of hydrogen-bond donors (Lipinski definition) is 2. The zero-order chi connectivity index (χ0) is 25.3. The summed E-state index contributed by atoms with van der Waals surface area (Å²) in [5, 5.41) is 10.3. The number of aryl methyl sites for hydroxylation is 1. The molecule has 0 spiro atoms. The molecular weight excluding hydrogens is 456 g/mol. The Morgan fingerprint density at radius 2 is 1.83 bits per heavy atom. The minimum Gasteiger partial charge on any atom is -0.489 e. The number of nitrogens with zero attached hydrogens (tertiary/aromatic N) is 3. The van der Waals surface area contributed by atoms with Gasteiger partial charge in [0, 0.05) is 42.8 Å². The normalized spacial score (nSPS) is 21.9. The van der Waals surface area contributed by atoms with Crippen LogP contribution in [0.4, 0.5) is 0 Å². The van der Waals surface area contributed by atoms with E-state index in [1.165, 1.54) is 0 Å². The van der Waals surface area contributed by atoms with E-state index in [1.807, 2.05) is 67.4 Å². The molecule has 2 fully saturated rings. The number of fused-ring (bicyclic) bond motifs is 1. The summed E-state index contributed by atoms with van der Waals surface area (Å²) in [6.45, 7) is 5.34. The van der Waals surface area contributed by atoms with Crippen LogP contribution in [0.5, 0.6) is 5.75 Å². The van der Waals surface area contributed by atoms with E-state index in [9.17, 15) is 14.8 Å². The van der Waals surface area contributed by atoms with Crippen LogP contribution in [0.2, 0.25) is 0 Å². The number of nitrogens with one attached hydrogen (secondary N) is 1. The summed E-state index contributed by atoms with van der Waals surface area (Å²) in [5.41, 5.74) is 4.88. The third-order valence-corrected chi connectivity index (χ3v) is 7.49. The molecule has 2 unspecified atom stereocenters. The van der Waals surface area contributed by atoms with E-state index in [1.54, 1.807) is 5.48 Å². The molecule has 1 saturated heterocycles. The van der Waals surface area contributed by atoms with Gasteiger partial charge in [0.15, 0.2) is 0 Å². The standard InChI is InChI=1S/C28H32N4O4/c1-19-15-21(23-5-3-4-6-25(23)29-19)18-36-22-9-7-20(8-10-22)16-28(17-24(28)26(33)30-35)27(34)32-13-11-31(2)12-14-32/h3-10,15,24,35H,11-14,16-18H2,1-2H3,(H,30,33). The molecule has 1 aliphatic carbocycles. The van der Waals surface area contributed by atoms with Gasteiger partial charge in [-0.1, -0.05) is 30.3 Å². The second-order valence-electron chi connectivity index (χ2n) is 10.0. The fraction of sp³-hybridized carbons (Fsp3) is 0.393. The Morgan fingerprint density at radius 1 is 1.11 bits per heavy atom. The van der Waals surface area contributed by atoms with Crippen LogP contribution in [-0.2, 0) is 22.6 Å². The van der Waals surface area contributed by atoms with Gasteiger partial charge in [0.1, 0.15) is 12.4 Å². The summed E-state index contributed by atoms with van der Waals surface area (Å²) in [6, 6.07) is 17.8. The number of ether oxygens (including phenoxy) is 1. The molecule has 2 heterocycles. The first-order chi connectivity index (χ1) is 17.4. The topological polar surface area (TPSA) is 95.0 Å². The largest absolute Gasteiger partial charge is 0.489 e. The Labute approximate surface area is 210 Å². The highest BCUT2D eigenvalue weighted by Gasteiger charge is 2.64. The molecule has 2 amide bonds. The molecule has 0 radical (unpaired) electrons. The van der Waals surface area contributed by atoms with Gasteiger partial charge in [-0.25, -0.2) is 5.48 Å². The molecule has 1 aliphatic heterocycles. The molecule has 2 aromatic carbocycles. The maximum Gasteiger partial charge on any atom is 0.247 e. The monoisotopic (exact) mass is 488 g/mol. The number of para-hydroxylation sites is 1. The number of carbonyl (C=O) groups excluding carboxylic acids is 2. The number of hydrogen-bond acceptors (Lipinski definition) is 6. The van der Waals surface area contributed by atoms with Crippen molar-refractivity contribution in [1.29, 1.82) is 0 Å². The molecule has 188 valence electrons. The molecule has 1 saturated carbocycles. The molecule has 2 aliphatic rings. The molecule has 0 bridgehead atoms. The van der Waals surface area contributed by atoms with E-state index in [-0.39, 0.29) is 5.91 Å². The van der Waals surface area contributed by atoms with Gasteiger partial charge < -0.3 is 14.5 Å². The number of rotatable bonds is 7. The number of pyridine rings is 1. The molecular formula is C28H32N4O4. The molecule has 8 heteroatoms. The second-order valence-corrected chi connectivity index (χ2v) is 10.0. The van der Waals surface area contributed by atoms with Crippen molar-refractivity contribution in [3.63, 3.8) is 0 Å². The number of hydroxylamine groups is 1. The summed E-state index contributed by atoms with van der Waals surface area (Å²) in [6.07, 6.45) is 0.891. The van der Waals surface area contributed by atoms with E-state index in [4.69, 9.17) is 4.74 Å². The van der Waals surface area contributed by atoms with Gasteiger partial charge in [-0.15, -0.1) is 0 Å². The van der Waals surface area contributed by atoms with Crippen LogP contribution in [0.15, 0.2) is 54.6 Å². The van der Waals surface area contributed by atoms with Crippen molar-refractivity contribution in [3.8, 4) is 5.75 Å². The number of aromatic nitrogens is 1. The van der Waals surface area contributed by atoms with Crippen molar-refractivity contribution in [2.45, 2.75) is 26.4 Å². The number of benzene rings is 2. The molecule has 2 atom stereocenters. The van der Waals surface area contributed by atoms with E-state index in [0.717, 1.165) is 46.6 Å². The van der Waals surface area contributed by atoms with Gasteiger partial charge >= 0.3 is 0 Å². The fourth-order valence-corrected chi connectivity index (χ4v) is 5.30. The smallest absolute Gasteiger partial charge is 0.247 e. The molecule has 2 N–H and O–H groups in total. The minimum absolute atomic E-state index is 0.00413. The minimum atomic E-state index is -0.807. The summed E-state index contributed by atoms with van der Waals surface area (Å²) < 4.78 is 6.08. The highest BCUT2D eigenvalue weighted by Crippen LogP contribution is 2.56. The third kappa shape index (κ3) is 4.79. The Hall–Kier alpha value is -3.49. The zero-order valence-electron chi connectivity index (χ0n) is 20.7. The van der Waals surface area contributed by atoms with Gasteiger partial charge in [-0.05, 0) is 56.6 Å². The van der Waals surface area contributed by atoms with Crippen molar-refractivity contribution in [1.82, 2.24) is 20.3 Å². The highest BCUT2D eigenvalue weighted by atomic mass is 16.5. The maximum atomic E-state index is 13.5. The summed E-state index contributed by atoms with van der Waals surface area (Å²) in [4.78, 5) is 34.4. The average molecular weight is 489 g/mol. The van der Waals surface area contributed by atoms with Crippen LogP contribution in [0, 0.1) is 18.3 Å². The Bertz CT molecular complexity index is 1270. The lowest BCUT2D eigenvalue weighted by Crippen LogP contribution is -2.50. The van der Waals surface area contributed by atoms with Crippen molar-refractivity contribution < 1.29 is 19.5 Å². The SMILES string of the molecule is Cc1cc(COc2ccc(CC3(C(=O)N4CCN(C)CC4)CC3C(=O)NO)cc2)c2ccccc2n1. The molecule has 36 heavy (non-hydrogen) atoms. The van der Waals surface area contributed by atoms with Crippen LogP contribution in [0.25, 0.3) is 10.9 Å². The van der Waals surface area contributed by atoms with E-state index < -0.39 is 17.2 Å². The van der Waals surface area contributed by atoms with Gasteiger partial charge in [0.05, 0.1) is 16.8 Å². The number of amides is 2. The van der Waals surface area contributed by atoms with Crippen molar-refractivity contribution in [3.05, 3.63) is 71.4 Å². The average Bonchev–Trinajstić information content (AvgIpc) is 3.62. The van der Waals surface area contributed by atoms with Crippen LogP contribution in [-0.4, -0.2) is 65.0 Å².